The van der Waals surface area contributed by atoms with Crippen molar-refractivity contribution < 1.29 is 27.1 Å². The van der Waals surface area contributed by atoms with Crippen LogP contribution >= 0.6 is 0 Å². The van der Waals surface area contributed by atoms with Crippen LogP contribution in [0.4, 0.5) is 10.1 Å². The van der Waals surface area contributed by atoms with Gasteiger partial charge in [0.05, 0.1) is 10.6 Å². The van der Waals surface area contributed by atoms with Crippen molar-refractivity contribution in [2.24, 2.45) is 5.92 Å². The highest BCUT2D eigenvalue weighted by atomic mass is 32.2. The molecule has 5 aromatic rings. The fourth-order valence-corrected chi connectivity index (χ4v) is 6.87. The van der Waals surface area contributed by atoms with Crippen LogP contribution in [0.25, 0.3) is 0 Å². The summed E-state index contributed by atoms with van der Waals surface area (Å²) in [4.78, 5) is 29.8. The van der Waals surface area contributed by atoms with Gasteiger partial charge in [-0.3, -0.25) is 13.9 Å². The standard InChI is InChI=1S/C41H42FN3O5S/c1-30(2)27-43-41(47)39(26-32-12-6-4-7-13-32)44(28-33-14-10-11-17-38(33)42)40(46)29-45(51(48,49)37-24-18-31(3)19-25-37)34-20-22-36(23-21-34)50-35-15-8-5-9-16-35/h4-25,30,39H,26-29H2,1-3H3,(H,43,47)/t39-/m0/s1. The van der Waals surface area contributed by atoms with Crippen molar-refractivity contribution in [3.05, 3.63) is 156 Å². The summed E-state index contributed by atoms with van der Waals surface area (Å²) in [6, 6.07) is 36.0. The molecule has 1 atom stereocenters. The number of carbonyl (C=O) groups is 2. The minimum atomic E-state index is -4.31. The van der Waals surface area contributed by atoms with Crippen molar-refractivity contribution in [1.29, 1.82) is 0 Å². The van der Waals surface area contributed by atoms with Gasteiger partial charge in [-0.15, -0.1) is 0 Å². The average molecular weight is 708 g/mol. The van der Waals surface area contributed by atoms with E-state index < -0.39 is 40.2 Å². The number of sulfonamides is 1. The lowest BCUT2D eigenvalue weighted by molar-refractivity contribution is -0.140. The molecule has 0 aliphatic heterocycles. The molecule has 0 heterocycles. The Bertz CT molecular complexity index is 2010. The fraction of sp³-hybridized carbons (Fsp3) is 0.220. The maximum absolute atomic E-state index is 15.2. The summed E-state index contributed by atoms with van der Waals surface area (Å²) in [5, 5.41) is 2.94. The van der Waals surface area contributed by atoms with E-state index in [9.17, 15) is 18.0 Å². The third kappa shape index (κ3) is 9.82. The van der Waals surface area contributed by atoms with Crippen LogP contribution < -0.4 is 14.4 Å². The van der Waals surface area contributed by atoms with Crippen molar-refractivity contribution in [2.75, 3.05) is 17.4 Å². The van der Waals surface area contributed by atoms with Gasteiger partial charge < -0.3 is 15.0 Å². The molecule has 264 valence electrons. The number of halogens is 1. The largest absolute Gasteiger partial charge is 0.457 e. The second kappa shape index (κ2) is 17.0. The fourth-order valence-electron chi connectivity index (χ4n) is 5.46. The average Bonchev–Trinajstić information content (AvgIpc) is 3.13. The number of carbonyl (C=O) groups excluding carboxylic acids is 2. The maximum Gasteiger partial charge on any atom is 0.264 e. The molecule has 0 aromatic heterocycles. The van der Waals surface area contributed by atoms with Crippen molar-refractivity contribution in [3.63, 3.8) is 0 Å². The molecular formula is C41H42FN3O5S. The van der Waals surface area contributed by atoms with Crippen LogP contribution in [-0.2, 0) is 32.6 Å². The van der Waals surface area contributed by atoms with Gasteiger partial charge in [0.25, 0.3) is 10.0 Å². The monoisotopic (exact) mass is 707 g/mol. The zero-order valence-corrected chi connectivity index (χ0v) is 29.7. The van der Waals surface area contributed by atoms with Crippen LogP contribution in [0.5, 0.6) is 11.5 Å². The molecule has 5 aromatic carbocycles. The van der Waals surface area contributed by atoms with Crippen molar-refractivity contribution in [3.8, 4) is 11.5 Å². The number of benzene rings is 5. The first-order valence-corrected chi connectivity index (χ1v) is 18.2. The van der Waals surface area contributed by atoms with Gasteiger partial charge in [0, 0.05) is 25.1 Å². The Balaban J connectivity index is 1.56. The first-order chi connectivity index (χ1) is 24.5. The molecule has 0 spiro atoms. The van der Waals surface area contributed by atoms with E-state index in [1.54, 1.807) is 66.7 Å². The molecule has 0 saturated carbocycles. The molecule has 10 heteroatoms. The van der Waals surface area contributed by atoms with Gasteiger partial charge in [0.15, 0.2) is 0 Å². The molecule has 0 unspecified atom stereocenters. The number of hydrogen-bond donors (Lipinski definition) is 1. The van der Waals surface area contributed by atoms with Gasteiger partial charge in [0.2, 0.25) is 11.8 Å². The summed E-state index contributed by atoms with van der Waals surface area (Å²) >= 11 is 0. The van der Waals surface area contributed by atoms with E-state index in [1.807, 2.05) is 69.3 Å². The molecule has 51 heavy (non-hydrogen) atoms. The molecular weight excluding hydrogens is 666 g/mol. The summed E-state index contributed by atoms with van der Waals surface area (Å²) in [6.45, 7) is 5.20. The highest BCUT2D eigenvalue weighted by molar-refractivity contribution is 7.92. The third-order valence-corrected chi connectivity index (χ3v) is 10.0. The molecule has 0 radical (unpaired) electrons. The first kappa shape index (κ1) is 36.8. The third-order valence-electron chi connectivity index (χ3n) is 8.25. The van der Waals surface area contributed by atoms with Gasteiger partial charge in [-0.1, -0.05) is 98.3 Å². The number of nitrogens with zero attached hydrogens (tertiary/aromatic N) is 2. The van der Waals surface area contributed by atoms with Crippen LogP contribution in [0.15, 0.2) is 138 Å². The normalized spacial score (nSPS) is 11.9. The minimum absolute atomic E-state index is 0.0123. The number of ether oxygens (including phenoxy) is 1. The van der Waals surface area contributed by atoms with E-state index in [1.165, 1.54) is 23.1 Å². The molecule has 0 aliphatic carbocycles. The molecule has 1 N–H and O–H groups in total. The zero-order chi connectivity index (χ0) is 36.4. The molecule has 0 aliphatic rings. The highest BCUT2D eigenvalue weighted by Crippen LogP contribution is 2.29. The zero-order valence-electron chi connectivity index (χ0n) is 28.9. The molecule has 8 nitrogen and oxygen atoms in total. The van der Waals surface area contributed by atoms with Crippen LogP contribution in [0.1, 0.15) is 30.5 Å². The predicted molar refractivity (Wildman–Crippen MR) is 197 cm³/mol. The topological polar surface area (TPSA) is 96.0 Å². The van der Waals surface area contributed by atoms with E-state index >= 15 is 4.39 Å². The Morgan fingerprint density at radius 1 is 0.765 bits per heavy atom. The van der Waals surface area contributed by atoms with Crippen LogP contribution in [0.2, 0.25) is 0 Å². The quantitative estimate of drug-likeness (QED) is 0.121. The number of rotatable bonds is 15. The molecule has 0 fully saturated rings. The second-order valence-corrected chi connectivity index (χ2v) is 14.6. The van der Waals surface area contributed by atoms with Crippen molar-refractivity contribution in [1.82, 2.24) is 10.2 Å². The number of para-hydroxylation sites is 1. The Morgan fingerprint density at radius 3 is 1.98 bits per heavy atom. The van der Waals surface area contributed by atoms with E-state index in [4.69, 9.17) is 4.74 Å². The number of hydrogen-bond acceptors (Lipinski definition) is 5. The summed E-state index contributed by atoms with van der Waals surface area (Å²) in [6.07, 6.45) is 0.126. The lowest BCUT2D eigenvalue weighted by atomic mass is 10.0. The molecule has 0 saturated heterocycles. The molecule has 5 rings (SSSR count). The number of aryl methyl sites for hydroxylation is 1. The Kier molecular flexibility index (Phi) is 12.2. The summed E-state index contributed by atoms with van der Waals surface area (Å²) in [5.74, 6) is -0.448. The maximum atomic E-state index is 15.2. The smallest absolute Gasteiger partial charge is 0.264 e. The van der Waals surface area contributed by atoms with Crippen LogP contribution in [-0.4, -0.2) is 44.3 Å². The van der Waals surface area contributed by atoms with Crippen molar-refractivity contribution in [2.45, 2.75) is 44.7 Å². The Morgan fingerprint density at radius 2 is 1.35 bits per heavy atom. The van der Waals surface area contributed by atoms with E-state index in [0.29, 0.717) is 18.0 Å². The highest BCUT2D eigenvalue weighted by Gasteiger charge is 2.35. The SMILES string of the molecule is Cc1ccc(S(=O)(=O)N(CC(=O)N(Cc2ccccc2F)[C@@H](Cc2ccccc2)C(=O)NCC(C)C)c2ccc(Oc3ccccc3)cc2)cc1. The predicted octanol–water partition coefficient (Wildman–Crippen LogP) is 7.53. The van der Waals surface area contributed by atoms with E-state index in [0.717, 1.165) is 15.4 Å². The van der Waals surface area contributed by atoms with Crippen LogP contribution in [0, 0.1) is 18.7 Å². The van der Waals surface area contributed by atoms with Gasteiger partial charge in [-0.25, -0.2) is 12.8 Å². The van der Waals surface area contributed by atoms with Crippen molar-refractivity contribution >= 4 is 27.5 Å². The number of amides is 2. The molecule has 2 amide bonds. The minimum Gasteiger partial charge on any atom is -0.457 e. The van der Waals surface area contributed by atoms with Gasteiger partial charge in [-0.05, 0) is 73.0 Å². The Labute approximate surface area is 299 Å². The van der Waals surface area contributed by atoms with Gasteiger partial charge in [0.1, 0.15) is 29.9 Å². The van der Waals surface area contributed by atoms with Gasteiger partial charge >= 0.3 is 0 Å². The van der Waals surface area contributed by atoms with Gasteiger partial charge in [-0.2, -0.15) is 0 Å². The van der Waals surface area contributed by atoms with Crippen LogP contribution in [0.3, 0.4) is 0 Å². The molecule has 0 bridgehead atoms. The summed E-state index contributed by atoms with van der Waals surface area (Å²) < 4.78 is 50.8. The number of nitrogens with one attached hydrogen (secondary N) is 1. The van der Waals surface area contributed by atoms with E-state index in [2.05, 4.69) is 5.32 Å². The Hall–Kier alpha value is -5.48. The number of anilines is 1. The second-order valence-electron chi connectivity index (χ2n) is 12.7. The lowest BCUT2D eigenvalue weighted by Gasteiger charge is -2.34. The summed E-state index contributed by atoms with van der Waals surface area (Å²) in [5.41, 5.74) is 2.05. The summed E-state index contributed by atoms with van der Waals surface area (Å²) in [7, 11) is -4.31. The lowest BCUT2D eigenvalue weighted by Crippen LogP contribution is -2.53. The van der Waals surface area contributed by atoms with E-state index in [-0.39, 0.29) is 35.0 Å². The first-order valence-electron chi connectivity index (χ1n) is 16.8.